The van der Waals surface area contributed by atoms with Crippen molar-refractivity contribution in [3.05, 3.63) is 34.9 Å². The second kappa shape index (κ2) is 4.54. The highest BCUT2D eigenvalue weighted by Gasteiger charge is 2.28. The van der Waals surface area contributed by atoms with Crippen LogP contribution in [0.4, 0.5) is 4.39 Å². The van der Waals surface area contributed by atoms with E-state index in [-0.39, 0.29) is 0 Å². The average molecular weight is 221 g/mol. The summed E-state index contributed by atoms with van der Waals surface area (Å²) in [7, 11) is 0. The zero-order valence-corrected chi connectivity index (χ0v) is 10.3. The van der Waals surface area contributed by atoms with Gasteiger partial charge in [-0.05, 0) is 37.5 Å². The van der Waals surface area contributed by atoms with Gasteiger partial charge in [-0.1, -0.05) is 18.2 Å². The highest BCUT2D eigenvalue weighted by molar-refractivity contribution is 5.33. The van der Waals surface area contributed by atoms with Crippen LogP contribution in [0.5, 0.6) is 0 Å². The van der Waals surface area contributed by atoms with Crippen molar-refractivity contribution in [1.29, 1.82) is 0 Å². The molecule has 0 radical (unpaired) electrons. The second-order valence-electron chi connectivity index (χ2n) is 5.04. The molecular formula is C14H20FN. The molecule has 1 aromatic rings. The van der Waals surface area contributed by atoms with Crippen molar-refractivity contribution in [1.82, 2.24) is 4.90 Å². The molecule has 0 amide bonds. The predicted octanol–water partition coefficient (Wildman–Crippen LogP) is 3.06. The number of rotatable bonds is 3. The first-order valence-corrected chi connectivity index (χ1v) is 6.00. The van der Waals surface area contributed by atoms with Gasteiger partial charge in [0.1, 0.15) is 6.17 Å². The molecule has 1 nitrogen and oxygen atoms in total. The molecule has 1 aliphatic heterocycles. The summed E-state index contributed by atoms with van der Waals surface area (Å²) in [6.07, 6.45) is -0.708. The van der Waals surface area contributed by atoms with Gasteiger partial charge in [-0.15, -0.1) is 0 Å². The van der Waals surface area contributed by atoms with E-state index in [2.05, 4.69) is 36.9 Å². The zero-order valence-electron chi connectivity index (χ0n) is 10.3. The van der Waals surface area contributed by atoms with E-state index >= 15 is 0 Å². The van der Waals surface area contributed by atoms with E-state index < -0.39 is 6.17 Å². The van der Waals surface area contributed by atoms with Crippen molar-refractivity contribution in [2.75, 3.05) is 19.6 Å². The average Bonchev–Trinajstić information content (AvgIpc) is 2.15. The lowest BCUT2D eigenvalue weighted by atomic mass is 9.89. The van der Waals surface area contributed by atoms with Gasteiger partial charge in [0.25, 0.3) is 0 Å². The number of benzene rings is 1. The highest BCUT2D eigenvalue weighted by atomic mass is 19.1. The second-order valence-corrected chi connectivity index (χ2v) is 5.04. The lowest BCUT2D eigenvalue weighted by molar-refractivity contribution is 0.113. The summed E-state index contributed by atoms with van der Waals surface area (Å²) < 4.78 is 12.8. The fourth-order valence-electron chi connectivity index (χ4n) is 2.30. The summed E-state index contributed by atoms with van der Waals surface area (Å²) in [6.45, 7) is 8.52. The van der Waals surface area contributed by atoms with Gasteiger partial charge in [0.05, 0.1) is 0 Å². The summed E-state index contributed by atoms with van der Waals surface area (Å²) in [5.74, 6) is 0.609. The van der Waals surface area contributed by atoms with E-state index in [9.17, 15) is 4.39 Å². The minimum atomic E-state index is -0.708. The van der Waals surface area contributed by atoms with Gasteiger partial charge in [0.2, 0.25) is 0 Å². The van der Waals surface area contributed by atoms with Crippen LogP contribution in [-0.2, 0) is 0 Å². The smallest absolute Gasteiger partial charge is 0.110 e. The van der Waals surface area contributed by atoms with E-state index in [0.29, 0.717) is 12.5 Å². The standard InChI is InChI=1S/C14H20FN/c1-10-4-5-13(6-11(10)2)14-8-16(9-14)7-12(3)15/h4-6,12,14H,7-9H2,1-3H3. The molecule has 1 saturated heterocycles. The maximum atomic E-state index is 12.8. The summed E-state index contributed by atoms with van der Waals surface area (Å²) in [5.41, 5.74) is 4.11. The Hall–Kier alpha value is -0.890. The fourth-order valence-corrected chi connectivity index (χ4v) is 2.30. The molecule has 2 heteroatoms. The number of likely N-dealkylation sites (tertiary alicyclic amines) is 1. The van der Waals surface area contributed by atoms with Gasteiger partial charge in [-0.2, -0.15) is 0 Å². The first-order valence-electron chi connectivity index (χ1n) is 6.00. The molecule has 1 heterocycles. The molecular weight excluding hydrogens is 201 g/mol. The Balaban J connectivity index is 1.94. The number of aryl methyl sites for hydroxylation is 2. The van der Waals surface area contributed by atoms with E-state index in [0.717, 1.165) is 13.1 Å². The first-order chi connectivity index (χ1) is 7.56. The van der Waals surface area contributed by atoms with E-state index in [1.54, 1.807) is 6.92 Å². The lowest BCUT2D eigenvalue weighted by Crippen LogP contribution is -2.47. The Kier molecular flexibility index (Phi) is 3.29. The van der Waals surface area contributed by atoms with Crippen molar-refractivity contribution < 1.29 is 4.39 Å². The third-order valence-corrected chi connectivity index (χ3v) is 3.47. The molecule has 0 saturated carbocycles. The van der Waals surface area contributed by atoms with Crippen LogP contribution < -0.4 is 0 Å². The van der Waals surface area contributed by atoms with E-state index in [1.807, 2.05) is 0 Å². The maximum Gasteiger partial charge on any atom is 0.110 e. The third-order valence-electron chi connectivity index (χ3n) is 3.47. The summed E-state index contributed by atoms with van der Waals surface area (Å²) >= 11 is 0. The lowest BCUT2D eigenvalue weighted by Gasteiger charge is -2.40. The molecule has 16 heavy (non-hydrogen) atoms. The van der Waals surface area contributed by atoms with Crippen LogP contribution in [0, 0.1) is 13.8 Å². The van der Waals surface area contributed by atoms with Crippen LogP contribution in [0.2, 0.25) is 0 Å². The molecule has 2 rings (SSSR count). The highest BCUT2D eigenvalue weighted by Crippen LogP contribution is 2.28. The predicted molar refractivity (Wildman–Crippen MR) is 65.7 cm³/mol. The van der Waals surface area contributed by atoms with Gasteiger partial charge in [-0.3, -0.25) is 4.90 Å². The molecule has 88 valence electrons. The van der Waals surface area contributed by atoms with Crippen LogP contribution in [0.25, 0.3) is 0 Å². The van der Waals surface area contributed by atoms with Crippen LogP contribution in [0.15, 0.2) is 18.2 Å². The van der Waals surface area contributed by atoms with Crippen LogP contribution in [-0.4, -0.2) is 30.7 Å². The van der Waals surface area contributed by atoms with E-state index in [1.165, 1.54) is 16.7 Å². The molecule has 1 aromatic carbocycles. The van der Waals surface area contributed by atoms with Crippen molar-refractivity contribution >= 4 is 0 Å². The SMILES string of the molecule is Cc1ccc(C2CN(CC(C)F)C2)cc1C. The van der Waals surface area contributed by atoms with Crippen molar-refractivity contribution in [2.24, 2.45) is 0 Å². The molecule has 0 aliphatic carbocycles. The molecule has 1 aliphatic rings. The Labute approximate surface area is 97.3 Å². The van der Waals surface area contributed by atoms with Crippen LogP contribution >= 0.6 is 0 Å². The largest absolute Gasteiger partial charge is 0.299 e. The zero-order chi connectivity index (χ0) is 11.7. The summed E-state index contributed by atoms with van der Waals surface area (Å²) in [6, 6.07) is 6.67. The topological polar surface area (TPSA) is 3.24 Å². The molecule has 0 N–H and O–H groups in total. The van der Waals surface area contributed by atoms with Crippen molar-refractivity contribution in [3.8, 4) is 0 Å². The van der Waals surface area contributed by atoms with Gasteiger partial charge in [0, 0.05) is 25.6 Å². The molecule has 1 unspecified atom stereocenters. The number of halogens is 1. The summed E-state index contributed by atoms with van der Waals surface area (Å²) in [5, 5.41) is 0. The van der Waals surface area contributed by atoms with Gasteiger partial charge in [-0.25, -0.2) is 4.39 Å². The summed E-state index contributed by atoms with van der Waals surface area (Å²) in [4.78, 5) is 2.19. The van der Waals surface area contributed by atoms with Crippen molar-refractivity contribution in [2.45, 2.75) is 32.9 Å². The Bertz CT molecular complexity index is 367. The quantitative estimate of drug-likeness (QED) is 0.758. The number of hydrogen-bond donors (Lipinski definition) is 0. The first kappa shape index (κ1) is 11.6. The Morgan fingerprint density at radius 3 is 2.56 bits per heavy atom. The molecule has 1 fully saturated rings. The Morgan fingerprint density at radius 1 is 1.31 bits per heavy atom. The Morgan fingerprint density at radius 2 is 2.00 bits per heavy atom. The van der Waals surface area contributed by atoms with Gasteiger partial charge < -0.3 is 0 Å². The molecule has 0 bridgehead atoms. The van der Waals surface area contributed by atoms with Crippen LogP contribution in [0.1, 0.15) is 29.5 Å². The van der Waals surface area contributed by atoms with Crippen molar-refractivity contribution in [3.63, 3.8) is 0 Å². The third kappa shape index (κ3) is 2.43. The van der Waals surface area contributed by atoms with Crippen LogP contribution in [0.3, 0.4) is 0 Å². The number of hydrogen-bond acceptors (Lipinski definition) is 1. The molecule has 0 aromatic heterocycles. The fraction of sp³-hybridized carbons (Fsp3) is 0.571. The minimum absolute atomic E-state index is 0.585. The molecule has 0 spiro atoms. The van der Waals surface area contributed by atoms with Gasteiger partial charge in [0.15, 0.2) is 0 Å². The number of nitrogens with zero attached hydrogens (tertiary/aromatic N) is 1. The van der Waals surface area contributed by atoms with Gasteiger partial charge >= 0.3 is 0 Å². The molecule has 1 atom stereocenters. The normalized spacial score (nSPS) is 19.5. The minimum Gasteiger partial charge on any atom is -0.299 e. The number of alkyl halides is 1. The maximum absolute atomic E-state index is 12.8. The van der Waals surface area contributed by atoms with E-state index in [4.69, 9.17) is 0 Å². The monoisotopic (exact) mass is 221 g/mol.